The summed E-state index contributed by atoms with van der Waals surface area (Å²) in [5.74, 6) is -0.820. The molecule has 0 spiro atoms. The van der Waals surface area contributed by atoms with Gasteiger partial charge in [-0.2, -0.15) is 0 Å². The van der Waals surface area contributed by atoms with Crippen LogP contribution in [0.15, 0.2) is 48.8 Å². The molecule has 7 nitrogen and oxygen atoms in total. The van der Waals surface area contributed by atoms with Crippen LogP contribution in [0.5, 0.6) is 5.75 Å². The molecule has 1 aliphatic rings. The summed E-state index contributed by atoms with van der Waals surface area (Å²) in [6.45, 7) is 13.7. The third kappa shape index (κ3) is 7.12. The van der Waals surface area contributed by atoms with Crippen LogP contribution in [-0.4, -0.2) is 39.7 Å². The molecule has 1 atom stereocenters. The Hall–Kier alpha value is -3.52. The van der Waals surface area contributed by atoms with Crippen molar-refractivity contribution in [2.45, 2.75) is 72.7 Å². The molecule has 3 heterocycles. The van der Waals surface area contributed by atoms with E-state index in [1.54, 1.807) is 24.5 Å². The molecule has 0 radical (unpaired) electrons. The lowest BCUT2D eigenvalue weighted by Crippen LogP contribution is -2.39. The largest absolute Gasteiger partial charge is 0.487 e. The lowest BCUT2D eigenvalue weighted by molar-refractivity contribution is -0.160. The Morgan fingerprint density at radius 2 is 1.85 bits per heavy atom. The fourth-order valence-corrected chi connectivity index (χ4v) is 4.79. The van der Waals surface area contributed by atoms with Crippen LogP contribution in [0.1, 0.15) is 70.4 Å². The van der Waals surface area contributed by atoms with Gasteiger partial charge in [0.1, 0.15) is 18.2 Å². The maximum absolute atomic E-state index is 13.5. The highest BCUT2D eigenvalue weighted by atomic mass is 19.1. The summed E-state index contributed by atoms with van der Waals surface area (Å²) in [5, 5.41) is 10.3. The maximum atomic E-state index is 13.5. The van der Waals surface area contributed by atoms with Crippen LogP contribution in [0.3, 0.4) is 0 Å². The molecule has 208 valence electrons. The van der Waals surface area contributed by atoms with Gasteiger partial charge in [0.05, 0.1) is 23.2 Å². The van der Waals surface area contributed by atoms with Crippen molar-refractivity contribution in [3.05, 3.63) is 71.4 Å². The molecule has 0 bridgehead atoms. The summed E-state index contributed by atoms with van der Waals surface area (Å²) in [7, 11) is 0. The van der Waals surface area contributed by atoms with Crippen molar-refractivity contribution in [1.29, 1.82) is 0 Å². The van der Waals surface area contributed by atoms with Crippen molar-refractivity contribution >= 4 is 11.7 Å². The zero-order valence-corrected chi connectivity index (χ0v) is 23.6. The fourth-order valence-electron chi connectivity index (χ4n) is 4.79. The van der Waals surface area contributed by atoms with Crippen LogP contribution in [0, 0.1) is 18.2 Å². The zero-order valence-electron chi connectivity index (χ0n) is 23.6. The number of rotatable bonds is 8. The van der Waals surface area contributed by atoms with Crippen molar-refractivity contribution in [1.82, 2.24) is 9.97 Å². The van der Waals surface area contributed by atoms with E-state index in [0.29, 0.717) is 22.7 Å². The number of pyridine rings is 2. The van der Waals surface area contributed by atoms with Gasteiger partial charge in [-0.25, -0.2) is 9.18 Å². The first-order valence-corrected chi connectivity index (χ1v) is 13.3. The predicted molar refractivity (Wildman–Crippen MR) is 149 cm³/mol. The number of nitrogens with zero attached hydrogens (tertiary/aromatic N) is 3. The van der Waals surface area contributed by atoms with Crippen LogP contribution in [0.4, 0.5) is 10.1 Å². The lowest BCUT2D eigenvalue weighted by Gasteiger charge is -2.40. The van der Waals surface area contributed by atoms with Gasteiger partial charge in [-0.05, 0) is 75.8 Å². The van der Waals surface area contributed by atoms with Gasteiger partial charge < -0.3 is 19.5 Å². The molecule has 1 fully saturated rings. The number of aryl methyl sites for hydroxylation is 1. The number of benzene rings is 1. The predicted octanol–water partition coefficient (Wildman–Crippen LogP) is 6.74. The van der Waals surface area contributed by atoms with Crippen molar-refractivity contribution in [2.75, 3.05) is 18.0 Å². The number of carbonyl (C=O) groups is 1. The molecule has 0 saturated carbocycles. The fraction of sp³-hybridized carbons (Fsp3) is 0.452. The Bertz CT molecular complexity index is 1310. The number of carboxylic acids is 1. The third-order valence-electron chi connectivity index (χ3n) is 6.99. The van der Waals surface area contributed by atoms with Crippen LogP contribution >= 0.6 is 0 Å². The number of hydrogen-bond acceptors (Lipinski definition) is 6. The highest BCUT2D eigenvalue weighted by Gasteiger charge is 2.36. The van der Waals surface area contributed by atoms with Gasteiger partial charge in [-0.3, -0.25) is 9.97 Å². The Balaban J connectivity index is 1.73. The SMILES string of the molecule is Cc1ncc(-c2ccc(OCc3cccc(F)c3)cn2)c(N2CCC(C)(C)CC2)c1C(OC(C)(C)C)C(=O)O. The van der Waals surface area contributed by atoms with Gasteiger partial charge in [0.15, 0.2) is 6.10 Å². The standard InChI is InChI=1S/C31H38FN3O4/c1-20-26(28(29(36)37)39-30(2,3)4)27(35-14-12-31(5,6)13-15-35)24(18-33-20)25-11-10-23(17-34-25)38-19-21-8-7-9-22(32)16-21/h7-11,16-18,28H,12-15,19H2,1-6H3,(H,36,37). The number of ether oxygens (including phenoxy) is 2. The van der Waals surface area contributed by atoms with Crippen molar-refractivity contribution in [3.8, 4) is 17.0 Å². The van der Waals surface area contributed by atoms with E-state index in [1.165, 1.54) is 12.1 Å². The second-order valence-corrected chi connectivity index (χ2v) is 11.9. The lowest BCUT2D eigenvalue weighted by atomic mass is 9.82. The van der Waals surface area contributed by atoms with Crippen LogP contribution in [0.2, 0.25) is 0 Å². The number of aliphatic carboxylic acids is 1. The van der Waals surface area contributed by atoms with Crippen LogP contribution in [-0.2, 0) is 16.1 Å². The van der Waals surface area contributed by atoms with Gasteiger partial charge in [0.2, 0.25) is 0 Å². The van der Waals surface area contributed by atoms with Crippen molar-refractivity contribution < 1.29 is 23.8 Å². The van der Waals surface area contributed by atoms with E-state index in [4.69, 9.17) is 9.47 Å². The molecule has 1 unspecified atom stereocenters. The smallest absolute Gasteiger partial charge is 0.337 e. The second kappa shape index (κ2) is 11.3. The van der Waals surface area contributed by atoms with Crippen LogP contribution < -0.4 is 9.64 Å². The second-order valence-electron chi connectivity index (χ2n) is 11.9. The molecule has 0 aliphatic carbocycles. The highest BCUT2D eigenvalue weighted by Crippen LogP contribution is 2.43. The molecule has 39 heavy (non-hydrogen) atoms. The van der Waals surface area contributed by atoms with E-state index in [9.17, 15) is 14.3 Å². The topological polar surface area (TPSA) is 84.8 Å². The average Bonchev–Trinajstić information content (AvgIpc) is 2.86. The van der Waals surface area contributed by atoms with Crippen molar-refractivity contribution in [3.63, 3.8) is 0 Å². The van der Waals surface area contributed by atoms with E-state index in [1.807, 2.05) is 39.8 Å². The summed E-state index contributed by atoms with van der Waals surface area (Å²) in [5.41, 5.74) is 3.64. The van der Waals surface area contributed by atoms with Gasteiger partial charge in [-0.1, -0.05) is 26.0 Å². The Morgan fingerprint density at radius 3 is 2.44 bits per heavy atom. The summed E-state index contributed by atoms with van der Waals surface area (Å²) in [6, 6.07) is 9.93. The number of aromatic nitrogens is 2. The van der Waals surface area contributed by atoms with E-state index < -0.39 is 17.7 Å². The van der Waals surface area contributed by atoms with Gasteiger partial charge in [-0.15, -0.1) is 0 Å². The first-order valence-electron chi connectivity index (χ1n) is 13.3. The molecule has 1 aromatic carbocycles. The summed E-state index contributed by atoms with van der Waals surface area (Å²) < 4.78 is 25.4. The Kier molecular flexibility index (Phi) is 8.25. The van der Waals surface area contributed by atoms with E-state index >= 15 is 0 Å². The Morgan fingerprint density at radius 1 is 1.13 bits per heavy atom. The quantitative estimate of drug-likeness (QED) is 0.342. The van der Waals surface area contributed by atoms with Crippen LogP contribution in [0.25, 0.3) is 11.3 Å². The molecule has 1 N–H and O–H groups in total. The minimum absolute atomic E-state index is 0.214. The maximum Gasteiger partial charge on any atom is 0.337 e. The third-order valence-corrected chi connectivity index (χ3v) is 6.99. The minimum atomic E-state index is -1.18. The molecule has 0 amide bonds. The van der Waals surface area contributed by atoms with E-state index in [0.717, 1.165) is 42.7 Å². The first-order chi connectivity index (χ1) is 18.3. The normalized spacial score (nSPS) is 16.1. The highest BCUT2D eigenvalue weighted by molar-refractivity contribution is 5.85. The van der Waals surface area contributed by atoms with E-state index in [-0.39, 0.29) is 17.8 Å². The monoisotopic (exact) mass is 535 g/mol. The Labute approximate surface area is 230 Å². The minimum Gasteiger partial charge on any atom is -0.487 e. The number of piperidine rings is 1. The number of anilines is 1. The molecule has 4 rings (SSSR count). The molecule has 3 aromatic rings. The molecular weight excluding hydrogens is 497 g/mol. The first kappa shape index (κ1) is 28.5. The number of carboxylic acid groups (broad SMARTS) is 1. The molecule has 1 saturated heterocycles. The summed E-state index contributed by atoms with van der Waals surface area (Å²) >= 11 is 0. The molecule has 2 aromatic heterocycles. The summed E-state index contributed by atoms with van der Waals surface area (Å²) in [4.78, 5) is 24.1. The number of halogens is 1. The van der Waals surface area contributed by atoms with Crippen molar-refractivity contribution in [2.24, 2.45) is 5.41 Å². The van der Waals surface area contributed by atoms with Gasteiger partial charge in [0.25, 0.3) is 0 Å². The average molecular weight is 536 g/mol. The van der Waals surface area contributed by atoms with E-state index in [2.05, 4.69) is 28.7 Å². The zero-order chi connectivity index (χ0) is 28.4. The number of hydrogen-bond donors (Lipinski definition) is 1. The van der Waals surface area contributed by atoms with Gasteiger partial charge >= 0.3 is 5.97 Å². The summed E-state index contributed by atoms with van der Waals surface area (Å²) in [6.07, 6.45) is 4.16. The van der Waals surface area contributed by atoms with Gasteiger partial charge in [0, 0.05) is 36.1 Å². The molecule has 8 heteroatoms. The molecule has 1 aliphatic heterocycles. The molecular formula is C31H38FN3O4.